The number of aromatic nitrogens is 4. The number of aryl methyl sites for hydroxylation is 1. The van der Waals surface area contributed by atoms with E-state index in [1.165, 1.54) is 33.4 Å². The van der Waals surface area contributed by atoms with Gasteiger partial charge in [0, 0.05) is 10.4 Å². The molecule has 1 atom stereocenters. The highest BCUT2D eigenvalue weighted by Crippen LogP contribution is 2.39. The average molecular weight is 397 g/mol. The SMILES string of the molecule is C[C@@H]1CCc2c(sc3ncn4c(-c5ccc(-c6ccccc6)cc5)nnc4c23)C1. The van der Waals surface area contributed by atoms with Gasteiger partial charge in [0.25, 0.3) is 0 Å². The molecule has 0 spiro atoms. The Hall–Kier alpha value is -3.05. The summed E-state index contributed by atoms with van der Waals surface area (Å²) in [7, 11) is 0. The van der Waals surface area contributed by atoms with Gasteiger partial charge in [0.15, 0.2) is 11.5 Å². The fourth-order valence-electron chi connectivity index (χ4n) is 4.38. The van der Waals surface area contributed by atoms with Crippen LogP contribution in [0.1, 0.15) is 23.8 Å². The number of benzene rings is 2. The largest absolute Gasteiger partial charge is 0.265 e. The zero-order valence-electron chi connectivity index (χ0n) is 16.2. The van der Waals surface area contributed by atoms with Crippen LogP contribution in [0.5, 0.6) is 0 Å². The van der Waals surface area contributed by atoms with E-state index in [0.717, 1.165) is 40.6 Å². The maximum Gasteiger partial charge on any atom is 0.172 e. The molecular weight excluding hydrogens is 376 g/mol. The summed E-state index contributed by atoms with van der Waals surface area (Å²) < 4.78 is 2.05. The van der Waals surface area contributed by atoms with Crippen molar-refractivity contribution < 1.29 is 0 Å². The van der Waals surface area contributed by atoms with Crippen molar-refractivity contribution in [2.75, 3.05) is 0 Å². The Balaban J connectivity index is 1.47. The lowest BCUT2D eigenvalue weighted by Crippen LogP contribution is -2.08. The second-order valence-electron chi connectivity index (χ2n) is 7.94. The van der Waals surface area contributed by atoms with E-state index in [4.69, 9.17) is 4.98 Å². The first-order valence-corrected chi connectivity index (χ1v) is 10.9. The van der Waals surface area contributed by atoms with E-state index in [-0.39, 0.29) is 0 Å². The minimum absolute atomic E-state index is 0.753. The van der Waals surface area contributed by atoms with Crippen LogP contribution in [0, 0.1) is 5.92 Å². The van der Waals surface area contributed by atoms with Crippen molar-refractivity contribution in [1.82, 2.24) is 19.6 Å². The third kappa shape index (κ3) is 2.69. The van der Waals surface area contributed by atoms with Crippen molar-refractivity contribution in [3.8, 4) is 22.5 Å². The van der Waals surface area contributed by atoms with Crippen molar-refractivity contribution >= 4 is 27.2 Å². The summed E-state index contributed by atoms with van der Waals surface area (Å²) in [4.78, 5) is 7.34. The summed E-state index contributed by atoms with van der Waals surface area (Å²) in [6.07, 6.45) is 5.39. The van der Waals surface area contributed by atoms with Crippen LogP contribution in [0.25, 0.3) is 38.4 Å². The molecule has 0 N–H and O–H groups in total. The molecule has 0 fully saturated rings. The predicted octanol–water partition coefficient (Wildman–Crippen LogP) is 5.80. The molecule has 0 saturated carbocycles. The number of thiophene rings is 1. The molecule has 0 aliphatic heterocycles. The molecule has 3 heterocycles. The van der Waals surface area contributed by atoms with Gasteiger partial charge in [-0.15, -0.1) is 21.5 Å². The van der Waals surface area contributed by atoms with Crippen molar-refractivity contribution in [2.45, 2.75) is 26.2 Å². The highest BCUT2D eigenvalue weighted by atomic mass is 32.1. The van der Waals surface area contributed by atoms with Gasteiger partial charge in [-0.05, 0) is 41.9 Å². The summed E-state index contributed by atoms with van der Waals surface area (Å²) in [5.41, 5.74) is 5.84. The smallest absolute Gasteiger partial charge is 0.172 e. The number of fused-ring (bicyclic) bond motifs is 5. The third-order valence-corrected chi connectivity index (χ3v) is 7.12. The third-order valence-electron chi connectivity index (χ3n) is 5.95. The normalized spacial score (nSPS) is 16.4. The Morgan fingerprint density at radius 1 is 0.931 bits per heavy atom. The van der Waals surface area contributed by atoms with Crippen LogP contribution in [0.3, 0.4) is 0 Å². The molecule has 4 nitrogen and oxygen atoms in total. The summed E-state index contributed by atoms with van der Waals surface area (Å²) in [5.74, 6) is 1.60. The van der Waals surface area contributed by atoms with E-state index in [0.29, 0.717) is 0 Å². The van der Waals surface area contributed by atoms with Crippen LogP contribution in [-0.2, 0) is 12.8 Å². The first-order chi connectivity index (χ1) is 14.3. The molecule has 6 rings (SSSR count). The molecule has 0 bridgehead atoms. The molecule has 0 radical (unpaired) electrons. The van der Waals surface area contributed by atoms with E-state index >= 15 is 0 Å². The lowest BCUT2D eigenvalue weighted by Gasteiger charge is -2.17. The monoisotopic (exact) mass is 396 g/mol. The average Bonchev–Trinajstić information content (AvgIpc) is 3.35. The molecular formula is C24H20N4S. The van der Waals surface area contributed by atoms with Crippen LogP contribution in [0.2, 0.25) is 0 Å². The van der Waals surface area contributed by atoms with Gasteiger partial charge in [0.05, 0.1) is 5.39 Å². The number of nitrogens with zero attached hydrogens (tertiary/aromatic N) is 4. The van der Waals surface area contributed by atoms with Crippen LogP contribution in [0.15, 0.2) is 60.9 Å². The second kappa shape index (κ2) is 6.49. The zero-order chi connectivity index (χ0) is 19.4. The highest BCUT2D eigenvalue weighted by molar-refractivity contribution is 7.19. The van der Waals surface area contributed by atoms with Gasteiger partial charge in [0.1, 0.15) is 11.2 Å². The van der Waals surface area contributed by atoms with Gasteiger partial charge in [0.2, 0.25) is 0 Å². The Labute approximate surface area is 172 Å². The Kier molecular flexibility index (Phi) is 3.78. The summed E-state index contributed by atoms with van der Waals surface area (Å²) in [6.45, 7) is 2.34. The quantitative estimate of drug-likeness (QED) is 0.379. The Morgan fingerprint density at radius 2 is 1.69 bits per heavy atom. The van der Waals surface area contributed by atoms with E-state index < -0.39 is 0 Å². The number of hydrogen-bond acceptors (Lipinski definition) is 4. The topological polar surface area (TPSA) is 43.1 Å². The molecule has 0 unspecified atom stereocenters. The van der Waals surface area contributed by atoms with E-state index in [2.05, 4.69) is 65.7 Å². The van der Waals surface area contributed by atoms with E-state index in [1.54, 1.807) is 0 Å². The molecule has 142 valence electrons. The summed E-state index contributed by atoms with van der Waals surface area (Å²) in [5, 5.41) is 10.3. The Bertz CT molecular complexity index is 1330. The van der Waals surface area contributed by atoms with Gasteiger partial charge in [-0.3, -0.25) is 4.40 Å². The van der Waals surface area contributed by atoms with Gasteiger partial charge >= 0.3 is 0 Å². The van der Waals surface area contributed by atoms with E-state index in [9.17, 15) is 0 Å². The van der Waals surface area contributed by atoms with Gasteiger partial charge in [-0.25, -0.2) is 4.98 Å². The number of hydrogen-bond donors (Lipinski definition) is 0. The fourth-order valence-corrected chi connectivity index (χ4v) is 5.72. The minimum atomic E-state index is 0.753. The van der Waals surface area contributed by atoms with Crippen molar-refractivity contribution in [2.24, 2.45) is 5.92 Å². The molecule has 1 aliphatic rings. The molecule has 3 aromatic heterocycles. The maximum absolute atomic E-state index is 4.76. The van der Waals surface area contributed by atoms with Gasteiger partial charge in [-0.2, -0.15) is 0 Å². The van der Waals surface area contributed by atoms with Crippen LogP contribution >= 0.6 is 11.3 Å². The van der Waals surface area contributed by atoms with Crippen LogP contribution < -0.4 is 0 Å². The highest BCUT2D eigenvalue weighted by Gasteiger charge is 2.24. The fraction of sp³-hybridized carbons (Fsp3) is 0.208. The van der Waals surface area contributed by atoms with E-state index in [1.807, 2.05) is 28.1 Å². The Morgan fingerprint density at radius 3 is 2.52 bits per heavy atom. The molecule has 5 aromatic rings. The lowest BCUT2D eigenvalue weighted by atomic mass is 9.89. The van der Waals surface area contributed by atoms with Gasteiger partial charge < -0.3 is 0 Å². The van der Waals surface area contributed by atoms with Crippen molar-refractivity contribution in [3.05, 3.63) is 71.4 Å². The lowest BCUT2D eigenvalue weighted by molar-refractivity contribution is 0.509. The van der Waals surface area contributed by atoms with Crippen LogP contribution in [0.4, 0.5) is 0 Å². The minimum Gasteiger partial charge on any atom is -0.265 e. The van der Waals surface area contributed by atoms with Crippen molar-refractivity contribution in [1.29, 1.82) is 0 Å². The second-order valence-corrected chi connectivity index (χ2v) is 9.02. The molecule has 29 heavy (non-hydrogen) atoms. The molecule has 0 saturated heterocycles. The van der Waals surface area contributed by atoms with Crippen molar-refractivity contribution in [3.63, 3.8) is 0 Å². The molecule has 5 heteroatoms. The predicted molar refractivity (Wildman–Crippen MR) is 118 cm³/mol. The zero-order valence-corrected chi connectivity index (χ0v) is 17.0. The standard InChI is InChI=1S/C24H20N4S/c1-15-7-12-19-20(13-15)29-24-21(19)23-27-26-22(28(23)14-25-24)18-10-8-17(9-11-18)16-5-3-2-4-6-16/h2-6,8-11,14-15H,7,12-13H2,1H3/t15-/m1/s1. The first kappa shape index (κ1) is 16.9. The van der Waals surface area contributed by atoms with Crippen LogP contribution in [-0.4, -0.2) is 19.6 Å². The molecule has 0 amide bonds. The summed E-state index contributed by atoms with van der Waals surface area (Å²) in [6, 6.07) is 18.9. The maximum atomic E-state index is 4.76. The number of rotatable bonds is 2. The first-order valence-electron chi connectivity index (χ1n) is 10.1. The van der Waals surface area contributed by atoms with Gasteiger partial charge in [-0.1, -0.05) is 61.5 Å². The molecule has 2 aromatic carbocycles. The summed E-state index contributed by atoms with van der Waals surface area (Å²) >= 11 is 1.83. The molecule has 1 aliphatic carbocycles.